The zero-order valence-corrected chi connectivity index (χ0v) is 13.9. The fraction of sp³-hybridized carbons (Fsp3) is 0.300. The summed E-state index contributed by atoms with van der Waals surface area (Å²) in [5.74, 6) is 1.48. The van der Waals surface area contributed by atoms with Crippen molar-refractivity contribution in [3.63, 3.8) is 0 Å². The van der Waals surface area contributed by atoms with Crippen molar-refractivity contribution in [3.8, 4) is 11.5 Å². The lowest BCUT2D eigenvalue weighted by molar-refractivity contribution is 0.123. The molecular weight excluding hydrogens is 304 g/mol. The van der Waals surface area contributed by atoms with Crippen LogP contribution >= 0.6 is 0 Å². The second kappa shape index (κ2) is 7.07. The van der Waals surface area contributed by atoms with Crippen molar-refractivity contribution in [2.45, 2.75) is 26.1 Å². The van der Waals surface area contributed by atoms with Crippen LogP contribution in [0.5, 0.6) is 11.5 Å². The molecule has 2 unspecified atom stereocenters. The molecule has 0 bridgehead atoms. The van der Waals surface area contributed by atoms with E-state index in [9.17, 15) is 10.2 Å². The van der Waals surface area contributed by atoms with Crippen LogP contribution in [0.4, 0.5) is 0 Å². The Balaban J connectivity index is 2.24. The Kier molecular flexibility index (Phi) is 4.88. The molecule has 0 saturated heterocycles. The summed E-state index contributed by atoms with van der Waals surface area (Å²) in [7, 11) is 0. The van der Waals surface area contributed by atoms with Crippen LogP contribution in [0.25, 0.3) is 21.5 Å². The molecule has 3 rings (SSSR count). The quantitative estimate of drug-likeness (QED) is 0.681. The summed E-state index contributed by atoms with van der Waals surface area (Å²) in [4.78, 5) is 0. The van der Waals surface area contributed by atoms with E-state index in [1.54, 1.807) is 13.8 Å². The lowest BCUT2D eigenvalue weighted by Gasteiger charge is -2.18. The minimum absolute atomic E-state index is 0.224. The van der Waals surface area contributed by atoms with E-state index < -0.39 is 12.2 Å². The van der Waals surface area contributed by atoms with Gasteiger partial charge in [-0.25, -0.2) is 0 Å². The third-order valence-corrected chi connectivity index (χ3v) is 3.77. The molecule has 0 aliphatic carbocycles. The Morgan fingerprint density at radius 2 is 0.958 bits per heavy atom. The molecule has 0 spiro atoms. The van der Waals surface area contributed by atoms with Crippen molar-refractivity contribution in [2.24, 2.45) is 0 Å². The highest BCUT2D eigenvalue weighted by atomic mass is 16.5. The third kappa shape index (κ3) is 3.30. The average molecular weight is 326 g/mol. The number of ether oxygens (including phenoxy) is 2. The standard InChI is InChI=1S/C20H22O4/c1-13(21)11-23-19-15-7-3-5-9-17(15)20(24-12-14(2)22)18-10-6-4-8-16(18)19/h3-10,13-14,21-22H,11-12H2,1-2H3. The minimum Gasteiger partial charge on any atom is -0.490 e. The number of benzene rings is 3. The first-order valence-electron chi connectivity index (χ1n) is 8.13. The molecule has 24 heavy (non-hydrogen) atoms. The lowest BCUT2D eigenvalue weighted by atomic mass is 10.0. The van der Waals surface area contributed by atoms with Crippen LogP contribution in [-0.2, 0) is 0 Å². The Bertz CT molecular complexity index is 713. The number of rotatable bonds is 6. The summed E-state index contributed by atoms with van der Waals surface area (Å²) in [6, 6.07) is 15.7. The topological polar surface area (TPSA) is 58.9 Å². The van der Waals surface area contributed by atoms with Gasteiger partial charge in [0.1, 0.15) is 24.7 Å². The lowest BCUT2D eigenvalue weighted by Crippen LogP contribution is -2.14. The monoisotopic (exact) mass is 326 g/mol. The van der Waals surface area contributed by atoms with Gasteiger partial charge in [-0.2, -0.15) is 0 Å². The van der Waals surface area contributed by atoms with E-state index >= 15 is 0 Å². The Morgan fingerprint density at radius 3 is 1.21 bits per heavy atom. The molecule has 0 fully saturated rings. The van der Waals surface area contributed by atoms with Gasteiger partial charge in [0.25, 0.3) is 0 Å². The van der Waals surface area contributed by atoms with E-state index in [0.29, 0.717) is 0 Å². The molecule has 0 radical (unpaired) electrons. The summed E-state index contributed by atoms with van der Waals surface area (Å²) in [5.41, 5.74) is 0. The molecule has 0 amide bonds. The zero-order chi connectivity index (χ0) is 17.1. The first kappa shape index (κ1) is 16.6. The molecule has 0 aromatic heterocycles. The van der Waals surface area contributed by atoms with E-state index in [1.807, 2.05) is 48.5 Å². The summed E-state index contributed by atoms with van der Waals surface area (Å²) in [5, 5.41) is 22.9. The first-order valence-corrected chi connectivity index (χ1v) is 8.13. The van der Waals surface area contributed by atoms with Gasteiger partial charge in [0.05, 0.1) is 12.2 Å². The first-order chi connectivity index (χ1) is 11.6. The predicted octanol–water partition coefficient (Wildman–Crippen LogP) is 3.51. The number of hydrogen-bond donors (Lipinski definition) is 2. The van der Waals surface area contributed by atoms with Crippen molar-refractivity contribution in [2.75, 3.05) is 13.2 Å². The minimum atomic E-state index is -0.548. The van der Waals surface area contributed by atoms with Gasteiger partial charge >= 0.3 is 0 Å². The molecule has 0 aliphatic heterocycles. The Morgan fingerprint density at radius 1 is 0.667 bits per heavy atom. The van der Waals surface area contributed by atoms with Crippen LogP contribution in [0.2, 0.25) is 0 Å². The molecule has 0 aliphatic rings. The second-order valence-electron chi connectivity index (χ2n) is 6.07. The number of hydrogen-bond acceptors (Lipinski definition) is 4. The molecule has 2 atom stereocenters. The molecule has 0 heterocycles. The summed E-state index contributed by atoms with van der Waals surface area (Å²) in [6.07, 6.45) is -1.10. The molecule has 0 saturated carbocycles. The fourth-order valence-corrected chi connectivity index (χ4v) is 2.77. The summed E-state index contributed by atoms with van der Waals surface area (Å²) < 4.78 is 11.8. The van der Waals surface area contributed by atoms with Crippen molar-refractivity contribution >= 4 is 21.5 Å². The van der Waals surface area contributed by atoms with Crippen LogP contribution in [0.15, 0.2) is 48.5 Å². The van der Waals surface area contributed by atoms with Crippen LogP contribution in [0.3, 0.4) is 0 Å². The Hall–Kier alpha value is -2.30. The summed E-state index contributed by atoms with van der Waals surface area (Å²) >= 11 is 0. The highest BCUT2D eigenvalue weighted by Gasteiger charge is 2.16. The zero-order valence-electron chi connectivity index (χ0n) is 13.9. The molecule has 126 valence electrons. The van der Waals surface area contributed by atoms with Gasteiger partial charge in [-0.15, -0.1) is 0 Å². The number of aliphatic hydroxyl groups excluding tert-OH is 2. The van der Waals surface area contributed by atoms with Crippen LogP contribution in [0.1, 0.15) is 13.8 Å². The van der Waals surface area contributed by atoms with Gasteiger partial charge < -0.3 is 19.7 Å². The largest absolute Gasteiger partial charge is 0.490 e. The fourth-order valence-electron chi connectivity index (χ4n) is 2.77. The normalized spacial score (nSPS) is 13.8. The predicted molar refractivity (Wildman–Crippen MR) is 95.8 cm³/mol. The number of fused-ring (bicyclic) bond motifs is 2. The van der Waals surface area contributed by atoms with Crippen molar-refractivity contribution in [1.82, 2.24) is 0 Å². The van der Waals surface area contributed by atoms with E-state index in [2.05, 4.69) is 0 Å². The van der Waals surface area contributed by atoms with Crippen molar-refractivity contribution in [3.05, 3.63) is 48.5 Å². The highest BCUT2D eigenvalue weighted by molar-refractivity contribution is 6.11. The van der Waals surface area contributed by atoms with Crippen LogP contribution in [-0.4, -0.2) is 35.6 Å². The van der Waals surface area contributed by atoms with Gasteiger partial charge in [0, 0.05) is 21.5 Å². The van der Waals surface area contributed by atoms with Crippen molar-refractivity contribution < 1.29 is 19.7 Å². The SMILES string of the molecule is CC(O)COc1c2ccccc2c(OCC(C)O)c2ccccc12. The maximum Gasteiger partial charge on any atom is 0.135 e. The number of aliphatic hydroxyl groups is 2. The van der Waals surface area contributed by atoms with Crippen LogP contribution in [0, 0.1) is 0 Å². The summed E-state index contributed by atoms with van der Waals surface area (Å²) in [6.45, 7) is 3.85. The highest BCUT2D eigenvalue weighted by Crippen LogP contribution is 2.42. The maximum atomic E-state index is 9.58. The molecule has 4 heteroatoms. The van der Waals surface area contributed by atoms with E-state index in [0.717, 1.165) is 33.0 Å². The van der Waals surface area contributed by atoms with Crippen LogP contribution < -0.4 is 9.47 Å². The van der Waals surface area contributed by atoms with E-state index in [1.165, 1.54) is 0 Å². The van der Waals surface area contributed by atoms with Gasteiger partial charge in [-0.05, 0) is 13.8 Å². The van der Waals surface area contributed by atoms with Gasteiger partial charge in [-0.1, -0.05) is 48.5 Å². The van der Waals surface area contributed by atoms with E-state index in [-0.39, 0.29) is 13.2 Å². The molecule has 3 aromatic rings. The second-order valence-corrected chi connectivity index (χ2v) is 6.07. The van der Waals surface area contributed by atoms with Crippen molar-refractivity contribution in [1.29, 1.82) is 0 Å². The smallest absolute Gasteiger partial charge is 0.135 e. The van der Waals surface area contributed by atoms with Gasteiger partial charge in [0.2, 0.25) is 0 Å². The maximum absolute atomic E-state index is 9.58. The Labute approximate surface area is 141 Å². The molecule has 4 nitrogen and oxygen atoms in total. The van der Waals surface area contributed by atoms with Gasteiger partial charge in [-0.3, -0.25) is 0 Å². The van der Waals surface area contributed by atoms with E-state index in [4.69, 9.17) is 9.47 Å². The third-order valence-electron chi connectivity index (χ3n) is 3.77. The molecular formula is C20H22O4. The molecule has 3 aromatic carbocycles. The average Bonchev–Trinajstić information content (AvgIpc) is 2.57. The molecule has 2 N–H and O–H groups in total. The van der Waals surface area contributed by atoms with Gasteiger partial charge in [0.15, 0.2) is 0 Å².